The fourth-order valence-corrected chi connectivity index (χ4v) is 3.75. The van der Waals surface area contributed by atoms with Gasteiger partial charge in [-0.3, -0.25) is 14.9 Å². The number of hydrogen-bond acceptors (Lipinski definition) is 6. The van der Waals surface area contributed by atoms with E-state index in [0.29, 0.717) is 15.1 Å². The topological polar surface area (TPSA) is 86.7 Å². The summed E-state index contributed by atoms with van der Waals surface area (Å²) in [4.78, 5) is 28.4. The number of imidazole rings is 1. The zero-order valence-corrected chi connectivity index (χ0v) is 13.8. The molecule has 0 amide bonds. The number of thiazole rings is 1. The Kier molecular flexibility index (Phi) is 3.47. The molecule has 4 rings (SSSR count). The van der Waals surface area contributed by atoms with Crippen molar-refractivity contribution in [2.75, 3.05) is 7.11 Å². The van der Waals surface area contributed by atoms with Crippen LogP contribution in [0.1, 0.15) is 5.56 Å². The molecule has 8 heteroatoms. The van der Waals surface area contributed by atoms with E-state index in [4.69, 9.17) is 4.74 Å². The lowest BCUT2D eigenvalue weighted by atomic mass is 10.1. The standard InChI is InChI=1S/C17H11N3O4S/c1-24-15-10(5-4-8-13(15)20(22)23)9-14-16(21)19-12-7-3-2-6-11(12)18-17(19)25-14/h2-9H,1H3/b14-9-. The van der Waals surface area contributed by atoms with Crippen LogP contribution in [0.2, 0.25) is 0 Å². The van der Waals surface area contributed by atoms with Crippen LogP contribution in [0.15, 0.2) is 47.3 Å². The molecule has 0 aliphatic heterocycles. The molecule has 0 saturated carbocycles. The molecule has 0 bridgehead atoms. The Bertz CT molecular complexity index is 1240. The zero-order valence-electron chi connectivity index (χ0n) is 13.0. The van der Waals surface area contributed by atoms with Crippen molar-refractivity contribution in [1.82, 2.24) is 9.38 Å². The highest BCUT2D eigenvalue weighted by Gasteiger charge is 2.18. The third kappa shape index (κ3) is 2.34. The van der Waals surface area contributed by atoms with Gasteiger partial charge in [0.05, 0.1) is 27.6 Å². The first kappa shape index (κ1) is 15.3. The van der Waals surface area contributed by atoms with Gasteiger partial charge in [0.1, 0.15) is 0 Å². The van der Waals surface area contributed by atoms with E-state index in [2.05, 4.69) is 4.98 Å². The molecule has 0 aliphatic carbocycles. The van der Waals surface area contributed by atoms with Crippen molar-refractivity contribution in [1.29, 1.82) is 0 Å². The number of aromatic nitrogens is 2. The van der Waals surface area contributed by atoms with Gasteiger partial charge in [0.25, 0.3) is 5.56 Å². The van der Waals surface area contributed by atoms with Gasteiger partial charge in [0, 0.05) is 11.6 Å². The largest absolute Gasteiger partial charge is 0.490 e. The molecule has 0 spiro atoms. The lowest BCUT2D eigenvalue weighted by molar-refractivity contribution is -0.385. The fourth-order valence-electron chi connectivity index (χ4n) is 2.78. The molecule has 2 aromatic heterocycles. The maximum absolute atomic E-state index is 12.8. The number of methoxy groups -OCH3 is 1. The smallest absolute Gasteiger partial charge is 0.311 e. The first-order valence-electron chi connectivity index (χ1n) is 7.33. The molecule has 0 N–H and O–H groups in total. The van der Waals surface area contributed by atoms with Crippen molar-refractivity contribution in [2.24, 2.45) is 0 Å². The molecule has 7 nitrogen and oxygen atoms in total. The number of hydrogen-bond donors (Lipinski definition) is 0. The number of para-hydroxylation sites is 3. The number of fused-ring (bicyclic) bond motifs is 3. The van der Waals surface area contributed by atoms with E-state index in [9.17, 15) is 14.9 Å². The average molecular weight is 353 g/mol. The number of nitro benzene ring substituents is 1. The molecule has 0 unspecified atom stereocenters. The van der Waals surface area contributed by atoms with Crippen molar-refractivity contribution in [2.45, 2.75) is 0 Å². The third-order valence-electron chi connectivity index (χ3n) is 3.86. The second kappa shape index (κ2) is 5.67. The van der Waals surface area contributed by atoms with Gasteiger partial charge in [0.2, 0.25) is 5.75 Å². The van der Waals surface area contributed by atoms with Crippen molar-refractivity contribution in [3.05, 3.63) is 73.0 Å². The summed E-state index contributed by atoms with van der Waals surface area (Å²) < 4.78 is 7.17. The van der Waals surface area contributed by atoms with E-state index in [1.807, 2.05) is 24.3 Å². The molecule has 2 aromatic carbocycles. The van der Waals surface area contributed by atoms with E-state index in [1.54, 1.807) is 22.6 Å². The predicted molar refractivity (Wildman–Crippen MR) is 95.3 cm³/mol. The Morgan fingerprint density at radius 2 is 2.04 bits per heavy atom. The molecule has 25 heavy (non-hydrogen) atoms. The molecule has 0 saturated heterocycles. The summed E-state index contributed by atoms with van der Waals surface area (Å²) in [5, 5.41) is 11.1. The minimum absolute atomic E-state index is 0.128. The van der Waals surface area contributed by atoms with Gasteiger partial charge in [-0.1, -0.05) is 35.6 Å². The van der Waals surface area contributed by atoms with Gasteiger partial charge in [-0.2, -0.15) is 0 Å². The summed E-state index contributed by atoms with van der Waals surface area (Å²) in [5.41, 5.74) is 1.62. The van der Waals surface area contributed by atoms with Gasteiger partial charge in [-0.05, 0) is 18.2 Å². The van der Waals surface area contributed by atoms with Crippen LogP contribution in [0, 0.1) is 10.1 Å². The summed E-state index contributed by atoms with van der Waals surface area (Å²) in [5.74, 6) is 0.128. The van der Waals surface area contributed by atoms with Crippen LogP contribution in [0.4, 0.5) is 5.69 Å². The molecule has 0 aliphatic rings. The highest BCUT2D eigenvalue weighted by molar-refractivity contribution is 7.15. The van der Waals surface area contributed by atoms with Gasteiger partial charge in [-0.15, -0.1) is 0 Å². The third-order valence-corrected chi connectivity index (χ3v) is 4.83. The van der Waals surface area contributed by atoms with Gasteiger partial charge >= 0.3 is 5.69 Å². The summed E-state index contributed by atoms with van der Waals surface area (Å²) in [7, 11) is 1.37. The Morgan fingerprint density at radius 1 is 1.24 bits per heavy atom. The summed E-state index contributed by atoms with van der Waals surface area (Å²) in [6, 6.07) is 12.0. The van der Waals surface area contributed by atoms with E-state index < -0.39 is 4.92 Å². The van der Waals surface area contributed by atoms with Crippen LogP contribution in [-0.2, 0) is 0 Å². The Morgan fingerprint density at radius 3 is 2.80 bits per heavy atom. The predicted octanol–water partition coefficient (Wildman–Crippen LogP) is 2.37. The van der Waals surface area contributed by atoms with Gasteiger partial charge in [-0.25, -0.2) is 9.38 Å². The summed E-state index contributed by atoms with van der Waals surface area (Å²) in [6.07, 6.45) is 1.60. The second-order valence-electron chi connectivity index (χ2n) is 5.29. The summed E-state index contributed by atoms with van der Waals surface area (Å²) >= 11 is 1.24. The monoisotopic (exact) mass is 353 g/mol. The van der Waals surface area contributed by atoms with E-state index in [-0.39, 0.29) is 17.0 Å². The minimum Gasteiger partial charge on any atom is -0.490 e. The first-order valence-corrected chi connectivity index (χ1v) is 8.15. The Hall–Kier alpha value is -3.26. The van der Waals surface area contributed by atoms with Crippen LogP contribution in [0.3, 0.4) is 0 Å². The van der Waals surface area contributed by atoms with Crippen molar-refractivity contribution in [3.8, 4) is 5.75 Å². The molecule has 0 atom stereocenters. The maximum Gasteiger partial charge on any atom is 0.311 e. The van der Waals surface area contributed by atoms with Crippen LogP contribution in [0.25, 0.3) is 22.1 Å². The summed E-state index contributed by atoms with van der Waals surface area (Å²) in [6.45, 7) is 0. The quantitative estimate of drug-likeness (QED) is 0.417. The first-order chi connectivity index (χ1) is 12.1. The SMILES string of the molecule is COc1c(/C=c2\sc3nc4ccccc4n3c2=O)cccc1[N+](=O)[O-]. The fraction of sp³-hybridized carbons (Fsp3) is 0.0588. The number of nitro groups is 1. The van der Waals surface area contributed by atoms with Gasteiger partial charge < -0.3 is 4.74 Å². The molecular formula is C17H11N3O4S. The lowest BCUT2D eigenvalue weighted by Gasteiger charge is -2.04. The molecular weight excluding hydrogens is 342 g/mol. The van der Waals surface area contributed by atoms with E-state index in [1.165, 1.54) is 24.5 Å². The molecule has 0 fully saturated rings. The average Bonchev–Trinajstić information content (AvgIpc) is 3.11. The van der Waals surface area contributed by atoms with Crippen molar-refractivity contribution in [3.63, 3.8) is 0 Å². The highest BCUT2D eigenvalue weighted by Crippen LogP contribution is 2.31. The lowest BCUT2D eigenvalue weighted by Crippen LogP contribution is -2.22. The van der Waals surface area contributed by atoms with E-state index in [0.717, 1.165) is 11.0 Å². The van der Waals surface area contributed by atoms with Gasteiger partial charge in [0.15, 0.2) is 4.96 Å². The molecule has 124 valence electrons. The molecule has 4 aromatic rings. The van der Waals surface area contributed by atoms with E-state index >= 15 is 0 Å². The van der Waals surface area contributed by atoms with Crippen LogP contribution >= 0.6 is 11.3 Å². The number of ether oxygens (including phenoxy) is 1. The maximum atomic E-state index is 12.8. The zero-order chi connectivity index (χ0) is 17.6. The Balaban J connectivity index is 1.99. The minimum atomic E-state index is -0.511. The molecule has 0 radical (unpaired) electrons. The number of benzene rings is 2. The second-order valence-corrected chi connectivity index (χ2v) is 6.30. The number of rotatable bonds is 3. The highest BCUT2D eigenvalue weighted by atomic mass is 32.1. The molecule has 2 heterocycles. The van der Waals surface area contributed by atoms with Crippen LogP contribution in [0.5, 0.6) is 5.75 Å². The van der Waals surface area contributed by atoms with Crippen molar-refractivity contribution < 1.29 is 9.66 Å². The van der Waals surface area contributed by atoms with Crippen LogP contribution < -0.4 is 14.8 Å². The van der Waals surface area contributed by atoms with Crippen LogP contribution in [-0.4, -0.2) is 21.4 Å². The Labute approximate surface area is 144 Å². The normalized spacial score (nSPS) is 12.1. The van der Waals surface area contributed by atoms with Crippen molar-refractivity contribution >= 4 is 39.1 Å². The number of nitrogens with zero attached hydrogens (tertiary/aromatic N) is 3.